The fraction of sp³-hybridized carbons (Fsp3) is 0.318. The number of carbonyl (C=O) groups is 3. The highest BCUT2D eigenvalue weighted by molar-refractivity contribution is 5.90. The fourth-order valence-electron chi connectivity index (χ4n) is 2.69. The maximum atomic E-state index is 12.9. The van der Waals surface area contributed by atoms with E-state index in [0.29, 0.717) is 5.56 Å². The molecule has 0 saturated carbocycles. The van der Waals surface area contributed by atoms with Gasteiger partial charge in [-0.25, -0.2) is 9.59 Å². The molecule has 0 aliphatic carbocycles. The second-order valence-corrected chi connectivity index (χ2v) is 6.80. The molecular formula is C22H26N2O5. The number of esters is 1. The molecule has 7 heteroatoms. The molecule has 0 saturated heterocycles. The van der Waals surface area contributed by atoms with Crippen molar-refractivity contribution in [2.24, 2.45) is 5.92 Å². The van der Waals surface area contributed by atoms with Gasteiger partial charge in [0.2, 0.25) is 5.91 Å². The van der Waals surface area contributed by atoms with Crippen LogP contribution in [-0.4, -0.2) is 31.1 Å². The maximum absolute atomic E-state index is 12.9. The van der Waals surface area contributed by atoms with Crippen molar-refractivity contribution in [1.82, 2.24) is 10.6 Å². The lowest BCUT2D eigenvalue weighted by atomic mass is 10.0. The van der Waals surface area contributed by atoms with Gasteiger partial charge in [0.05, 0.1) is 7.11 Å². The molecule has 0 aliphatic rings. The van der Waals surface area contributed by atoms with Gasteiger partial charge < -0.3 is 20.1 Å². The van der Waals surface area contributed by atoms with Gasteiger partial charge in [0.1, 0.15) is 18.7 Å². The lowest BCUT2D eigenvalue weighted by Gasteiger charge is -2.24. The standard InChI is InChI=1S/C22H26N2O5/c1-15(2)18(21(26)28-3)23-20(25)19(17-12-8-5-9-13-17)24-22(27)29-14-16-10-6-4-7-11-16/h4-13,15,18-19H,14H2,1-3H3,(H,23,25)(H,24,27)/t18-,19+/m0/s1. The van der Waals surface area contributed by atoms with Gasteiger partial charge in [-0.15, -0.1) is 0 Å². The predicted octanol–water partition coefficient (Wildman–Crippen LogP) is 2.97. The smallest absolute Gasteiger partial charge is 0.408 e. The number of alkyl carbamates (subject to hydrolysis) is 1. The number of nitrogens with one attached hydrogen (secondary N) is 2. The quantitative estimate of drug-likeness (QED) is 0.667. The van der Waals surface area contributed by atoms with E-state index >= 15 is 0 Å². The average Bonchev–Trinajstić information content (AvgIpc) is 2.74. The van der Waals surface area contributed by atoms with Crippen molar-refractivity contribution in [3.63, 3.8) is 0 Å². The first-order chi connectivity index (χ1) is 13.9. The Kier molecular flexibility index (Phi) is 8.21. The van der Waals surface area contributed by atoms with Gasteiger partial charge in [-0.2, -0.15) is 0 Å². The zero-order chi connectivity index (χ0) is 21.2. The van der Waals surface area contributed by atoms with E-state index < -0.39 is 30.1 Å². The predicted molar refractivity (Wildman–Crippen MR) is 108 cm³/mol. The summed E-state index contributed by atoms with van der Waals surface area (Å²) in [5.74, 6) is -1.27. The summed E-state index contributed by atoms with van der Waals surface area (Å²) >= 11 is 0. The van der Waals surface area contributed by atoms with Crippen LogP contribution in [0.4, 0.5) is 4.79 Å². The summed E-state index contributed by atoms with van der Waals surface area (Å²) in [6, 6.07) is 16.1. The van der Waals surface area contributed by atoms with Crippen LogP contribution in [-0.2, 0) is 25.7 Å². The fourth-order valence-corrected chi connectivity index (χ4v) is 2.69. The molecule has 0 heterocycles. The monoisotopic (exact) mass is 398 g/mol. The Balaban J connectivity index is 2.11. The average molecular weight is 398 g/mol. The second kappa shape index (κ2) is 10.8. The lowest BCUT2D eigenvalue weighted by molar-refractivity contribution is -0.146. The number of rotatable bonds is 8. The lowest BCUT2D eigenvalue weighted by Crippen LogP contribution is -2.49. The van der Waals surface area contributed by atoms with Gasteiger partial charge in [0, 0.05) is 0 Å². The number of carbonyl (C=O) groups excluding carboxylic acids is 3. The van der Waals surface area contributed by atoms with Crippen LogP contribution in [0.15, 0.2) is 60.7 Å². The number of amides is 2. The molecule has 154 valence electrons. The maximum Gasteiger partial charge on any atom is 0.408 e. The van der Waals surface area contributed by atoms with Gasteiger partial charge in [0.15, 0.2) is 0 Å². The van der Waals surface area contributed by atoms with Crippen molar-refractivity contribution < 1.29 is 23.9 Å². The zero-order valence-electron chi connectivity index (χ0n) is 16.8. The first-order valence-corrected chi connectivity index (χ1v) is 9.32. The number of benzene rings is 2. The van der Waals surface area contributed by atoms with Crippen molar-refractivity contribution in [3.05, 3.63) is 71.8 Å². The highest BCUT2D eigenvalue weighted by Crippen LogP contribution is 2.15. The van der Waals surface area contributed by atoms with Crippen LogP contribution in [0, 0.1) is 5.92 Å². The van der Waals surface area contributed by atoms with Crippen LogP contribution in [0.1, 0.15) is 31.0 Å². The minimum atomic E-state index is -1.02. The summed E-state index contributed by atoms with van der Waals surface area (Å²) in [6.45, 7) is 3.66. The second-order valence-electron chi connectivity index (χ2n) is 6.80. The molecule has 0 bridgehead atoms. The molecule has 2 aromatic rings. The normalized spacial score (nSPS) is 12.6. The molecule has 0 aromatic heterocycles. The van der Waals surface area contributed by atoms with E-state index in [0.717, 1.165) is 5.56 Å². The van der Waals surface area contributed by atoms with Gasteiger partial charge in [-0.3, -0.25) is 4.79 Å². The van der Waals surface area contributed by atoms with Crippen molar-refractivity contribution >= 4 is 18.0 Å². The summed E-state index contributed by atoms with van der Waals surface area (Å²) in [5, 5.41) is 5.24. The van der Waals surface area contributed by atoms with Gasteiger partial charge >= 0.3 is 12.1 Å². The largest absolute Gasteiger partial charge is 0.467 e. The summed E-state index contributed by atoms with van der Waals surface area (Å²) in [7, 11) is 1.26. The van der Waals surface area contributed by atoms with Crippen molar-refractivity contribution in [3.8, 4) is 0 Å². The molecule has 2 atom stereocenters. The zero-order valence-corrected chi connectivity index (χ0v) is 16.8. The first-order valence-electron chi connectivity index (χ1n) is 9.32. The van der Waals surface area contributed by atoms with E-state index in [1.165, 1.54) is 7.11 Å². The minimum Gasteiger partial charge on any atom is -0.467 e. The van der Waals surface area contributed by atoms with Crippen molar-refractivity contribution in [1.29, 1.82) is 0 Å². The van der Waals surface area contributed by atoms with Crippen LogP contribution in [0.2, 0.25) is 0 Å². The molecular weight excluding hydrogens is 372 g/mol. The molecule has 7 nitrogen and oxygen atoms in total. The summed E-state index contributed by atoms with van der Waals surface area (Å²) in [5.41, 5.74) is 1.39. The van der Waals surface area contributed by atoms with Crippen LogP contribution in [0.3, 0.4) is 0 Å². The molecule has 0 spiro atoms. The van der Waals surface area contributed by atoms with Crippen LogP contribution >= 0.6 is 0 Å². The third kappa shape index (κ3) is 6.64. The van der Waals surface area contributed by atoms with E-state index in [4.69, 9.17) is 9.47 Å². The van der Waals surface area contributed by atoms with E-state index in [2.05, 4.69) is 10.6 Å². The first kappa shape index (κ1) is 21.9. The Labute approximate surface area is 170 Å². The van der Waals surface area contributed by atoms with Crippen LogP contribution < -0.4 is 10.6 Å². The Morgan fingerprint density at radius 2 is 1.48 bits per heavy atom. The molecule has 2 N–H and O–H groups in total. The number of ether oxygens (including phenoxy) is 2. The Hall–Kier alpha value is -3.35. The van der Waals surface area contributed by atoms with Crippen LogP contribution in [0.25, 0.3) is 0 Å². The van der Waals surface area contributed by atoms with E-state index in [9.17, 15) is 14.4 Å². The van der Waals surface area contributed by atoms with Crippen LogP contribution in [0.5, 0.6) is 0 Å². The topological polar surface area (TPSA) is 93.7 Å². The molecule has 2 aromatic carbocycles. The molecule has 2 rings (SSSR count). The van der Waals surface area contributed by atoms with Gasteiger partial charge in [0.25, 0.3) is 0 Å². The number of hydrogen-bond donors (Lipinski definition) is 2. The van der Waals surface area contributed by atoms with E-state index in [1.807, 2.05) is 30.3 Å². The summed E-state index contributed by atoms with van der Waals surface area (Å²) < 4.78 is 9.99. The molecule has 29 heavy (non-hydrogen) atoms. The summed E-state index contributed by atoms with van der Waals surface area (Å²) in [4.78, 5) is 37.2. The van der Waals surface area contributed by atoms with Gasteiger partial charge in [-0.1, -0.05) is 74.5 Å². The highest BCUT2D eigenvalue weighted by Gasteiger charge is 2.30. The third-order valence-corrected chi connectivity index (χ3v) is 4.29. The third-order valence-electron chi connectivity index (χ3n) is 4.29. The van der Waals surface area contributed by atoms with Crippen molar-refractivity contribution in [2.75, 3.05) is 7.11 Å². The van der Waals surface area contributed by atoms with E-state index in [1.54, 1.807) is 44.2 Å². The number of methoxy groups -OCH3 is 1. The Bertz CT molecular complexity index is 808. The molecule has 0 radical (unpaired) electrons. The Morgan fingerprint density at radius 1 is 0.897 bits per heavy atom. The summed E-state index contributed by atoms with van der Waals surface area (Å²) in [6.07, 6.45) is -0.739. The van der Waals surface area contributed by atoms with Gasteiger partial charge in [-0.05, 0) is 17.0 Å². The highest BCUT2D eigenvalue weighted by atomic mass is 16.5. The van der Waals surface area contributed by atoms with E-state index in [-0.39, 0.29) is 12.5 Å². The molecule has 0 aliphatic heterocycles. The number of hydrogen-bond acceptors (Lipinski definition) is 5. The molecule has 0 fully saturated rings. The SMILES string of the molecule is COC(=O)[C@@H](NC(=O)[C@H](NC(=O)OCc1ccccc1)c1ccccc1)C(C)C. The molecule has 0 unspecified atom stereocenters. The molecule has 2 amide bonds. The van der Waals surface area contributed by atoms with Crippen molar-refractivity contribution in [2.45, 2.75) is 32.5 Å². The Morgan fingerprint density at radius 3 is 2.03 bits per heavy atom. The minimum absolute atomic E-state index is 0.0760.